The summed E-state index contributed by atoms with van der Waals surface area (Å²) in [6.45, 7) is -0.0643. The number of carbonyl (C=O) groups excluding carboxylic acids is 2. The number of amides is 2. The maximum Gasteiger partial charge on any atom is 0.282 e. The number of carbonyl (C=O) groups is 2. The monoisotopic (exact) mass is 418 g/mol. The van der Waals surface area contributed by atoms with E-state index in [0.29, 0.717) is 11.5 Å². The van der Waals surface area contributed by atoms with Gasteiger partial charge in [0, 0.05) is 24.9 Å². The minimum absolute atomic E-state index is 0.0357. The van der Waals surface area contributed by atoms with Gasteiger partial charge in [-0.25, -0.2) is 8.78 Å². The van der Waals surface area contributed by atoms with Crippen molar-refractivity contribution in [1.82, 2.24) is 24.9 Å². The van der Waals surface area contributed by atoms with Crippen molar-refractivity contribution in [1.29, 1.82) is 0 Å². The van der Waals surface area contributed by atoms with Gasteiger partial charge in [0.1, 0.15) is 18.0 Å². The molecule has 3 aromatic heterocycles. The lowest BCUT2D eigenvalue weighted by Crippen LogP contribution is -2.26. The normalized spacial score (nSPS) is 13.6. The number of aromatic nitrogens is 4. The van der Waals surface area contributed by atoms with E-state index in [1.165, 1.54) is 27.9 Å². The maximum atomic E-state index is 13.0. The number of alkyl halides is 2. The lowest BCUT2D eigenvalue weighted by molar-refractivity contribution is -0.117. The van der Waals surface area contributed by atoms with Crippen molar-refractivity contribution in [3.63, 3.8) is 0 Å². The van der Waals surface area contributed by atoms with Crippen LogP contribution in [-0.4, -0.2) is 31.4 Å². The summed E-state index contributed by atoms with van der Waals surface area (Å²) in [5.74, 6) is -0.251. The highest BCUT2D eigenvalue weighted by Gasteiger charge is 2.30. The lowest BCUT2D eigenvalue weighted by atomic mass is 10.2. The Balaban J connectivity index is 1.44. The molecule has 0 bridgehead atoms. The first-order chi connectivity index (χ1) is 14.4. The molecule has 3 heterocycles. The van der Waals surface area contributed by atoms with E-state index in [2.05, 4.69) is 20.8 Å². The Labute approximate surface area is 170 Å². The molecule has 0 radical (unpaired) electrons. The number of rotatable bonds is 8. The highest BCUT2D eigenvalue weighted by Crippen LogP contribution is 2.41. The zero-order valence-electron chi connectivity index (χ0n) is 16.1. The van der Waals surface area contributed by atoms with E-state index in [1.807, 2.05) is 0 Å². The van der Waals surface area contributed by atoms with Crippen LogP contribution in [0.1, 0.15) is 52.8 Å². The molecule has 0 atom stereocenters. The highest BCUT2D eigenvalue weighted by atomic mass is 19.3. The van der Waals surface area contributed by atoms with Crippen molar-refractivity contribution < 1.29 is 22.8 Å². The van der Waals surface area contributed by atoms with Gasteiger partial charge < -0.3 is 15.1 Å². The second kappa shape index (κ2) is 8.09. The zero-order chi connectivity index (χ0) is 21.3. The van der Waals surface area contributed by atoms with E-state index < -0.39 is 18.2 Å². The molecule has 1 aliphatic carbocycles. The number of furan rings is 1. The predicted molar refractivity (Wildman–Crippen MR) is 101 cm³/mol. The first kappa shape index (κ1) is 19.8. The Morgan fingerprint density at radius 3 is 2.80 bits per heavy atom. The zero-order valence-corrected chi connectivity index (χ0v) is 16.1. The second-order valence-electron chi connectivity index (χ2n) is 7.10. The van der Waals surface area contributed by atoms with E-state index in [4.69, 9.17) is 4.42 Å². The Bertz CT molecular complexity index is 1050. The van der Waals surface area contributed by atoms with Crippen molar-refractivity contribution >= 4 is 17.5 Å². The molecule has 0 spiro atoms. The fraction of sp³-hybridized carbons (Fsp3) is 0.368. The number of hydrogen-bond donors (Lipinski definition) is 2. The summed E-state index contributed by atoms with van der Waals surface area (Å²) in [5.41, 5.74) is 0.536. The van der Waals surface area contributed by atoms with Gasteiger partial charge in [0.2, 0.25) is 5.91 Å². The molecule has 9 nitrogen and oxygen atoms in total. The van der Waals surface area contributed by atoms with Gasteiger partial charge in [-0.1, -0.05) is 0 Å². The van der Waals surface area contributed by atoms with E-state index in [0.717, 1.165) is 12.8 Å². The molecule has 11 heteroatoms. The molecule has 1 aliphatic rings. The molecule has 30 heavy (non-hydrogen) atoms. The second-order valence-corrected chi connectivity index (χ2v) is 7.10. The van der Waals surface area contributed by atoms with Crippen LogP contribution in [0.2, 0.25) is 0 Å². The molecule has 0 unspecified atom stereocenters. The van der Waals surface area contributed by atoms with Crippen LogP contribution in [0, 0.1) is 0 Å². The fourth-order valence-electron chi connectivity index (χ4n) is 3.13. The van der Waals surface area contributed by atoms with Crippen molar-refractivity contribution in [3.8, 4) is 0 Å². The summed E-state index contributed by atoms with van der Waals surface area (Å²) in [6.07, 6.45) is 2.07. The molecule has 3 aromatic rings. The van der Waals surface area contributed by atoms with Gasteiger partial charge in [-0.3, -0.25) is 19.0 Å². The Kier molecular flexibility index (Phi) is 5.34. The van der Waals surface area contributed by atoms with Crippen molar-refractivity contribution in [2.24, 2.45) is 7.05 Å². The largest absolute Gasteiger partial charge is 0.467 e. The number of anilines is 1. The highest BCUT2D eigenvalue weighted by molar-refractivity contribution is 6.02. The third kappa shape index (κ3) is 4.39. The van der Waals surface area contributed by atoms with E-state index in [1.54, 1.807) is 19.2 Å². The molecule has 1 saturated carbocycles. The summed E-state index contributed by atoms with van der Waals surface area (Å²) in [5, 5.41) is 13.2. The van der Waals surface area contributed by atoms with Gasteiger partial charge in [-0.05, 0) is 31.0 Å². The Morgan fingerprint density at radius 2 is 2.13 bits per heavy atom. The van der Waals surface area contributed by atoms with E-state index in [-0.39, 0.29) is 36.1 Å². The Hall–Kier alpha value is -3.50. The van der Waals surface area contributed by atoms with Crippen LogP contribution >= 0.6 is 0 Å². The number of hydrogen-bond acceptors (Lipinski definition) is 5. The van der Waals surface area contributed by atoms with Crippen LogP contribution in [0.15, 0.2) is 35.1 Å². The number of aryl methyl sites for hydroxylation is 1. The number of nitrogens with one attached hydrogen (secondary N) is 2. The average Bonchev–Trinajstić information content (AvgIpc) is 3.09. The molecule has 0 aliphatic heterocycles. The molecular formula is C19H20F2N6O3. The van der Waals surface area contributed by atoms with Gasteiger partial charge in [-0.15, -0.1) is 0 Å². The van der Waals surface area contributed by atoms with Gasteiger partial charge in [0.15, 0.2) is 5.69 Å². The van der Waals surface area contributed by atoms with E-state index >= 15 is 0 Å². The molecule has 158 valence electrons. The van der Waals surface area contributed by atoms with Gasteiger partial charge in [-0.2, -0.15) is 10.2 Å². The van der Waals surface area contributed by atoms with Crippen LogP contribution in [0.4, 0.5) is 14.5 Å². The molecule has 1 fully saturated rings. The van der Waals surface area contributed by atoms with Gasteiger partial charge in [0.25, 0.3) is 12.3 Å². The third-order valence-electron chi connectivity index (χ3n) is 4.66. The summed E-state index contributed by atoms with van der Waals surface area (Å²) in [7, 11) is 1.62. The van der Waals surface area contributed by atoms with Crippen LogP contribution in [0.25, 0.3) is 0 Å². The minimum Gasteiger partial charge on any atom is -0.467 e. The van der Waals surface area contributed by atoms with Crippen LogP contribution < -0.4 is 10.6 Å². The first-order valence-corrected chi connectivity index (χ1v) is 9.40. The molecule has 0 saturated heterocycles. The van der Waals surface area contributed by atoms with Crippen molar-refractivity contribution in [2.45, 2.75) is 38.3 Å². The number of nitrogens with zero attached hydrogens (tertiary/aromatic N) is 4. The smallest absolute Gasteiger partial charge is 0.282 e. The summed E-state index contributed by atoms with van der Waals surface area (Å²) in [6, 6.07) is 4.78. The quantitative estimate of drug-likeness (QED) is 0.585. The lowest BCUT2D eigenvalue weighted by Gasteiger charge is -2.08. The molecule has 0 aromatic carbocycles. The van der Waals surface area contributed by atoms with Crippen LogP contribution in [0.5, 0.6) is 0 Å². The average molecular weight is 418 g/mol. The Morgan fingerprint density at radius 1 is 1.33 bits per heavy atom. The fourth-order valence-corrected chi connectivity index (χ4v) is 3.13. The topological polar surface area (TPSA) is 107 Å². The first-order valence-electron chi connectivity index (χ1n) is 9.40. The van der Waals surface area contributed by atoms with Crippen LogP contribution in [-0.2, 0) is 24.9 Å². The standard InChI is InChI=1S/C19H20F2N6O3/c1-26-9-14(17(25-26)19(29)22-8-12-3-2-6-30-12)23-16(28)10-27-15(11-4-5-11)7-13(24-27)18(20)21/h2-3,6-7,9,11,18H,4-5,8,10H2,1H3,(H,22,29)(H,23,28). The molecular weight excluding hydrogens is 398 g/mol. The molecule has 4 rings (SSSR count). The van der Waals surface area contributed by atoms with Gasteiger partial charge in [0.05, 0.1) is 18.5 Å². The van der Waals surface area contributed by atoms with E-state index in [9.17, 15) is 18.4 Å². The van der Waals surface area contributed by atoms with Crippen LogP contribution in [0.3, 0.4) is 0 Å². The maximum absolute atomic E-state index is 13.0. The van der Waals surface area contributed by atoms with Crippen molar-refractivity contribution in [3.05, 3.63) is 53.5 Å². The van der Waals surface area contributed by atoms with Crippen molar-refractivity contribution in [2.75, 3.05) is 5.32 Å². The molecule has 2 N–H and O–H groups in total. The summed E-state index contributed by atoms with van der Waals surface area (Å²) in [4.78, 5) is 25.0. The SMILES string of the molecule is Cn1cc(NC(=O)Cn2nc(C(F)F)cc2C2CC2)c(C(=O)NCc2ccco2)n1. The molecule has 2 amide bonds. The predicted octanol–water partition coefficient (Wildman–Crippen LogP) is 2.59. The minimum atomic E-state index is -2.70. The third-order valence-corrected chi connectivity index (χ3v) is 4.66. The van der Waals surface area contributed by atoms with Gasteiger partial charge >= 0.3 is 0 Å². The summed E-state index contributed by atoms with van der Waals surface area (Å²) >= 11 is 0. The number of halogens is 2. The summed E-state index contributed by atoms with van der Waals surface area (Å²) < 4.78 is 33.9.